The minimum absolute atomic E-state index is 0.0947. The first-order valence-corrected chi connectivity index (χ1v) is 12.4. The second-order valence-corrected chi connectivity index (χ2v) is 9.83. The Kier molecular flexibility index (Phi) is 6.55. The number of hydrogen-bond acceptors (Lipinski definition) is 5. The molecule has 1 amide bonds. The first kappa shape index (κ1) is 21.2. The normalized spacial score (nSPS) is 24.4. The minimum Gasteiger partial charge on any atom is -0.352 e. The van der Waals surface area contributed by atoms with Crippen LogP contribution in [0.3, 0.4) is 0 Å². The van der Waals surface area contributed by atoms with E-state index < -0.39 is 0 Å². The van der Waals surface area contributed by atoms with Gasteiger partial charge in [-0.2, -0.15) is 0 Å². The number of carbonyl (C=O) groups is 1. The highest BCUT2D eigenvalue weighted by Crippen LogP contribution is 2.37. The summed E-state index contributed by atoms with van der Waals surface area (Å²) in [5, 5.41) is 11.9. The van der Waals surface area contributed by atoms with Gasteiger partial charge in [0, 0.05) is 36.0 Å². The monoisotopic (exact) mass is 447 g/mol. The highest BCUT2D eigenvalue weighted by molar-refractivity contribution is 7.98. The predicted molar refractivity (Wildman–Crippen MR) is 126 cm³/mol. The lowest BCUT2D eigenvalue weighted by Gasteiger charge is -2.49. The van der Waals surface area contributed by atoms with E-state index in [0.29, 0.717) is 18.5 Å². The molecular formula is C25H29N5OS. The molecule has 0 saturated carbocycles. The van der Waals surface area contributed by atoms with E-state index in [1.54, 1.807) is 11.8 Å². The Labute approximate surface area is 193 Å². The Hall–Kier alpha value is -2.64. The van der Waals surface area contributed by atoms with Gasteiger partial charge in [0.15, 0.2) is 0 Å². The van der Waals surface area contributed by atoms with Crippen LogP contribution in [0.2, 0.25) is 0 Å². The van der Waals surface area contributed by atoms with Gasteiger partial charge in [-0.1, -0.05) is 53.7 Å². The zero-order chi connectivity index (χ0) is 21.8. The molecule has 2 aromatic carbocycles. The van der Waals surface area contributed by atoms with Crippen LogP contribution in [0.1, 0.15) is 24.1 Å². The van der Waals surface area contributed by atoms with Crippen LogP contribution in [-0.2, 0) is 23.6 Å². The number of hydrogen-bond donors (Lipinski definition) is 1. The lowest BCUT2D eigenvalue weighted by atomic mass is 9.75. The molecule has 0 aliphatic carbocycles. The van der Waals surface area contributed by atoms with Crippen molar-refractivity contribution in [2.45, 2.75) is 42.6 Å². The summed E-state index contributed by atoms with van der Waals surface area (Å²) in [4.78, 5) is 16.6. The molecule has 166 valence electrons. The number of thioether (sulfide) groups is 1. The molecule has 3 aromatic rings. The summed E-state index contributed by atoms with van der Waals surface area (Å²) in [7, 11) is 0. The number of benzene rings is 2. The Morgan fingerprint density at radius 1 is 1.09 bits per heavy atom. The fourth-order valence-electron chi connectivity index (χ4n) is 4.93. The molecule has 3 saturated heterocycles. The van der Waals surface area contributed by atoms with E-state index in [1.807, 2.05) is 28.9 Å². The Balaban J connectivity index is 1.12. The summed E-state index contributed by atoms with van der Waals surface area (Å²) < 4.78 is 1.98. The topological polar surface area (TPSA) is 63.1 Å². The van der Waals surface area contributed by atoms with E-state index in [4.69, 9.17) is 0 Å². The van der Waals surface area contributed by atoms with E-state index in [-0.39, 0.29) is 11.8 Å². The van der Waals surface area contributed by atoms with Crippen LogP contribution in [0.15, 0.2) is 71.8 Å². The molecule has 0 spiro atoms. The molecule has 4 heterocycles. The van der Waals surface area contributed by atoms with Crippen LogP contribution >= 0.6 is 11.8 Å². The smallest absolute Gasteiger partial charge is 0.224 e. The van der Waals surface area contributed by atoms with Gasteiger partial charge in [0.1, 0.15) is 0 Å². The van der Waals surface area contributed by atoms with Gasteiger partial charge in [-0.15, -0.1) is 16.9 Å². The molecular weight excluding hydrogens is 418 g/mol. The highest BCUT2D eigenvalue weighted by Gasteiger charge is 2.43. The third kappa shape index (κ3) is 5.05. The lowest BCUT2D eigenvalue weighted by molar-refractivity contribution is -0.133. The number of aromatic nitrogens is 3. The van der Waals surface area contributed by atoms with E-state index in [2.05, 4.69) is 63.1 Å². The maximum atomic E-state index is 12.9. The zero-order valence-electron chi connectivity index (χ0n) is 18.1. The van der Waals surface area contributed by atoms with Gasteiger partial charge in [-0.05, 0) is 43.0 Å². The van der Waals surface area contributed by atoms with Crippen molar-refractivity contribution < 1.29 is 4.79 Å². The van der Waals surface area contributed by atoms with Gasteiger partial charge >= 0.3 is 0 Å². The van der Waals surface area contributed by atoms with Crippen LogP contribution in [0.4, 0.5) is 0 Å². The summed E-state index contributed by atoms with van der Waals surface area (Å²) in [6.07, 6.45) is 4.23. The molecule has 7 heteroatoms. The van der Waals surface area contributed by atoms with Crippen LogP contribution in [0.5, 0.6) is 0 Å². The van der Waals surface area contributed by atoms with Crippen molar-refractivity contribution in [3.8, 4) is 0 Å². The SMILES string of the molecule is O=C(NCc1ccccc1)[C@H]1CN2CCC1C[C@@H]2Cn1cc(CSc2ccccc2)nn1. The Morgan fingerprint density at radius 2 is 1.88 bits per heavy atom. The van der Waals surface area contributed by atoms with Crippen molar-refractivity contribution in [3.63, 3.8) is 0 Å². The predicted octanol–water partition coefficient (Wildman–Crippen LogP) is 3.60. The van der Waals surface area contributed by atoms with Gasteiger partial charge in [-0.3, -0.25) is 14.4 Å². The summed E-state index contributed by atoms with van der Waals surface area (Å²) in [5.74, 6) is 1.57. The summed E-state index contributed by atoms with van der Waals surface area (Å²) in [6.45, 7) is 3.37. The first-order chi connectivity index (χ1) is 15.7. The maximum absolute atomic E-state index is 12.9. The lowest BCUT2D eigenvalue weighted by Crippen LogP contribution is -2.58. The molecule has 1 aromatic heterocycles. The van der Waals surface area contributed by atoms with E-state index in [1.165, 1.54) is 4.90 Å². The van der Waals surface area contributed by atoms with Crippen LogP contribution in [-0.4, -0.2) is 44.9 Å². The van der Waals surface area contributed by atoms with Crippen molar-refractivity contribution in [3.05, 3.63) is 78.1 Å². The number of amides is 1. The number of nitrogens with one attached hydrogen (secondary N) is 1. The highest BCUT2D eigenvalue weighted by atomic mass is 32.2. The molecule has 2 bridgehead atoms. The Bertz CT molecular complexity index is 1030. The molecule has 32 heavy (non-hydrogen) atoms. The maximum Gasteiger partial charge on any atom is 0.224 e. The number of piperidine rings is 3. The van der Waals surface area contributed by atoms with Gasteiger partial charge in [-0.25, -0.2) is 0 Å². The zero-order valence-corrected chi connectivity index (χ0v) is 19.0. The standard InChI is InChI=1S/C25H29N5OS/c31-25(26-14-19-7-3-1-4-8-19)24-17-29-12-11-20(24)13-22(29)16-30-15-21(27-28-30)18-32-23-9-5-2-6-10-23/h1-10,15,20,22,24H,11-14,16-18H2,(H,26,31)/t20?,22-,24+/m1/s1. The molecule has 3 fully saturated rings. The Morgan fingerprint density at radius 3 is 2.62 bits per heavy atom. The van der Waals surface area contributed by atoms with Crippen LogP contribution in [0.25, 0.3) is 0 Å². The van der Waals surface area contributed by atoms with Crippen molar-refractivity contribution in [2.75, 3.05) is 13.1 Å². The van der Waals surface area contributed by atoms with Crippen LogP contribution in [0, 0.1) is 11.8 Å². The molecule has 4 atom stereocenters. The number of carbonyl (C=O) groups excluding carboxylic acids is 1. The van der Waals surface area contributed by atoms with Crippen LogP contribution < -0.4 is 5.32 Å². The molecule has 6 rings (SSSR count). The average Bonchev–Trinajstić information content (AvgIpc) is 3.30. The number of rotatable bonds is 8. The van der Waals surface area contributed by atoms with E-state index in [9.17, 15) is 4.79 Å². The minimum atomic E-state index is 0.0947. The fraction of sp³-hybridized carbons (Fsp3) is 0.400. The molecule has 0 radical (unpaired) electrons. The van der Waals surface area contributed by atoms with E-state index in [0.717, 1.165) is 49.5 Å². The third-order valence-corrected chi connectivity index (χ3v) is 7.68. The van der Waals surface area contributed by atoms with Crippen molar-refractivity contribution in [2.24, 2.45) is 11.8 Å². The molecule has 6 nitrogen and oxygen atoms in total. The summed E-state index contributed by atoms with van der Waals surface area (Å²) in [6, 6.07) is 20.9. The number of fused-ring (bicyclic) bond motifs is 3. The van der Waals surface area contributed by atoms with E-state index >= 15 is 0 Å². The van der Waals surface area contributed by atoms with Gasteiger partial charge in [0.2, 0.25) is 5.91 Å². The van der Waals surface area contributed by atoms with Gasteiger partial charge < -0.3 is 5.32 Å². The average molecular weight is 448 g/mol. The molecule has 2 unspecified atom stereocenters. The first-order valence-electron chi connectivity index (χ1n) is 11.4. The van der Waals surface area contributed by atoms with Crippen molar-refractivity contribution in [1.29, 1.82) is 0 Å². The molecule has 3 aliphatic rings. The largest absolute Gasteiger partial charge is 0.352 e. The summed E-state index contributed by atoms with van der Waals surface area (Å²) >= 11 is 1.78. The van der Waals surface area contributed by atoms with Gasteiger partial charge in [0.25, 0.3) is 0 Å². The second-order valence-electron chi connectivity index (χ2n) is 8.78. The number of nitrogens with zero attached hydrogens (tertiary/aromatic N) is 4. The molecule has 3 aliphatic heterocycles. The molecule has 1 N–H and O–H groups in total. The summed E-state index contributed by atoms with van der Waals surface area (Å²) in [5.41, 5.74) is 2.15. The fourth-order valence-corrected chi connectivity index (χ4v) is 5.72. The van der Waals surface area contributed by atoms with Crippen molar-refractivity contribution >= 4 is 17.7 Å². The quantitative estimate of drug-likeness (QED) is 0.535. The third-order valence-electron chi connectivity index (χ3n) is 6.64. The van der Waals surface area contributed by atoms with Crippen molar-refractivity contribution in [1.82, 2.24) is 25.2 Å². The van der Waals surface area contributed by atoms with Gasteiger partial charge in [0.05, 0.1) is 18.2 Å². The second kappa shape index (κ2) is 9.88.